The molecule has 2 fully saturated rings. The molecule has 1 heterocycles. The zero-order chi connectivity index (χ0) is 20.4. The molecule has 0 amide bonds. The fourth-order valence-electron chi connectivity index (χ4n) is 4.92. The largest absolute Gasteiger partial charge is 0.771 e. The maximum absolute atomic E-state index is 12.9. The first kappa shape index (κ1) is 19.8. The van der Waals surface area contributed by atoms with Crippen LogP contribution in [0, 0.1) is 23.0 Å². The molecule has 4 unspecified atom stereocenters. The second-order valence-corrected chi connectivity index (χ2v) is 8.11. The summed E-state index contributed by atoms with van der Waals surface area (Å²) in [6.45, 7) is -0.233. The highest BCUT2D eigenvalue weighted by molar-refractivity contribution is 5.94. The third-order valence-corrected chi connectivity index (χ3v) is 6.39. The van der Waals surface area contributed by atoms with E-state index in [9.17, 15) is 19.9 Å². The number of nitrogens with zero attached hydrogens (tertiary/aromatic N) is 1. The van der Waals surface area contributed by atoms with E-state index in [0.29, 0.717) is 24.4 Å². The van der Waals surface area contributed by atoms with Crippen LogP contribution in [0.2, 0.25) is 0 Å². The Labute approximate surface area is 170 Å². The molecule has 1 saturated heterocycles. The maximum atomic E-state index is 12.9. The predicted molar refractivity (Wildman–Crippen MR) is 109 cm³/mol. The Morgan fingerprint density at radius 1 is 1.07 bits per heavy atom. The van der Waals surface area contributed by atoms with Crippen LogP contribution in [0.3, 0.4) is 0 Å². The number of carboxylic acid groups (broad SMARTS) is 1. The standard InChI is InChI=1S/C23H25N2O4/c26-19-15-25(29)24-23(19,14-13-17-9-5-2-6-10-17)21-18(20(21)22(27)28)12-11-16-7-3-1-4-8-16/h1-10,18,20-21,24H,11-15H2,(H,27,28)/q-1. The molecule has 6 heteroatoms. The Morgan fingerprint density at radius 2 is 1.66 bits per heavy atom. The number of hydrogen-bond donors (Lipinski definition) is 2. The van der Waals surface area contributed by atoms with E-state index in [1.54, 1.807) is 0 Å². The molecule has 4 rings (SSSR count). The van der Waals surface area contributed by atoms with Crippen molar-refractivity contribution in [3.63, 3.8) is 0 Å². The highest BCUT2D eigenvalue weighted by Gasteiger charge is 2.67. The highest BCUT2D eigenvalue weighted by Crippen LogP contribution is 2.57. The van der Waals surface area contributed by atoms with Crippen LogP contribution in [0.15, 0.2) is 60.7 Å². The summed E-state index contributed by atoms with van der Waals surface area (Å²) in [4.78, 5) is 24.8. The van der Waals surface area contributed by atoms with Crippen LogP contribution in [-0.4, -0.2) is 34.1 Å². The van der Waals surface area contributed by atoms with Crippen molar-refractivity contribution in [2.24, 2.45) is 17.8 Å². The zero-order valence-electron chi connectivity index (χ0n) is 16.2. The summed E-state index contributed by atoms with van der Waals surface area (Å²) in [7, 11) is 0. The molecule has 152 valence electrons. The molecule has 1 aliphatic heterocycles. The molecular weight excluding hydrogens is 368 g/mol. The molecule has 2 aromatic rings. The van der Waals surface area contributed by atoms with Crippen molar-refractivity contribution in [3.8, 4) is 0 Å². The average Bonchev–Trinajstić information content (AvgIpc) is 3.39. The van der Waals surface area contributed by atoms with Gasteiger partial charge in [0.1, 0.15) is 0 Å². The lowest BCUT2D eigenvalue weighted by molar-refractivity contribution is -0.139. The second-order valence-electron chi connectivity index (χ2n) is 8.11. The van der Waals surface area contributed by atoms with Gasteiger partial charge in [0.05, 0.1) is 18.0 Å². The van der Waals surface area contributed by atoms with Crippen molar-refractivity contribution in [2.75, 3.05) is 6.54 Å². The minimum absolute atomic E-state index is 0.119. The monoisotopic (exact) mass is 393 g/mol. The van der Waals surface area contributed by atoms with Crippen LogP contribution in [-0.2, 0) is 22.4 Å². The van der Waals surface area contributed by atoms with Gasteiger partial charge in [0.2, 0.25) is 0 Å². The van der Waals surface area contributed by atoms with Gasteiger partial charge in [-0.1, -0.05) is 60.7 Å². The minimum Gasteiger partial charge on any atom is -0.771 e. The lowest BCUT2D eigenvalue weighted by atomic mass is 9.82. The second kappa shape index (κ2) is 8.06. The fourth-order valence-corrected chi connectivity index (χ4v) is 4.92. The summed E-state index contributed by atoms with van der Waals surface area (Å²) in [5.74, 6) is -2.16. The lowest BCUT2D eigenvalue weighted by Gasteiger charge is -2.32. The molecule has 2 aliphatic rings. The predicted octanol–water partition coefficient (Wildman–Crippen LogP) is 2.82. The Kier molecular flexibility index (Phi) is 5.50. The number of hydrogen-bond acceptors (Lipinski definition) is 5. The summed E-state index contributed by atoms with van der Waals surface area (Å²) >= 11 is 0. The van der Waals surface area contributed by atoms with E-state index in [1.165, 1.54) is 0 Å². The van der Waals surface area contributed by atoms with E-state index in [4.69, 9.17) is 0 Å². The number of carbonyl (C=O) groups excluding carboxylic acids is 1. The minimum atomic E-state index is -1.10. The van der Waals surface area contributed by atoms with Crippen LogP contribution in [0.4, 0.5) is 0 Å². The first-order valence-electron chi connectivity index (χ1n) is 10.1. The smallest absolute Gasteiger partial charge is 0.307 e. The van der Waals surface area contributed by atoms with Gasteiger partial charge in [0.25, 0.3) is 0 Å². The number of nitrogens with one attached hydrogen (secondary N) is 1. The third-order valence-electron chi connectivity index (χ3n) is 6.39. The number of hydrazine groups is 1. The van der Waals surface area contributed by atoms with Crippen molar-refractivity contribution < 1.29 is 14.7 Å². The Morgan fingerprint density at radius 3 is 2.17 bits per heavy atom. The molecule has 1 aliphatic carbocycles. The van der Waals surface area contributed by atoms with Gasteiger partial charge in [-0.15, -0.1) is 0 Å². The molecule has 4 atom stereocenters. The van der Waals surface area contributed by atoms with E-state index in [1.807, 2.05) is 60.7 Å². The summed E-state index contributed by atoms with van der Waals surface area (Å²) in [6.07, 6.45) is 2.48. The SMILES string of the molecule is O=C(O)C1C(CCc2ccccc2)C1C1(CCc2ccccc2)NN([O-])CC1=O. The Bertz CT molecular complexity index is 873. The number of benzene rings is 2. The van der Waals surface area contributed by atoms with E-state index in [-0.39, 0.29) is 24.2 Å². The first-order valence-corrected chi connectivity index (χ1v) is 10.1. The average molecular weight is 393 g/mol. The summed E-state index contributed by atoms with van der Waals surface area (Å²) < 4.78 is 0. The number of aliphatic carboxylic acids is 1. The molecule has 0 radical (unpaired) electrons. The normalized spacial score (nSPS) is 29.1. The van der Waals surface area contributed by atoms with Gasteiger partial charge in [0.15, 0.2) is 5.78 Å². The lowest BCUT2D eigenvalue weighted by Crippen LogP contribution is -2.51. The fraction of sp³-hybridized carbons (Fsp3) is 0.391. The van der Waals surface area contributed by atoms with Gasteiger partial charge in [-0.2, -0.15) is 0 Å². The summed E-state index contributed by atoms with van der Waals surface area (Å²) in [5.41, 5.74) is 3.95. The number of rotatable bonds is 8. The van der Waals surface area contributed by atoms with Crippen molar-refractivity contribution >= 4 is 11.8 Å². The molecule has 6 nitrogen and oxygen atoms in total. The summed E-state index contributed by atoms with van der Waals surface area (Å²) in [5, 5.41) is 22.4. The van der Waals surface area contributed by atoms with Gasteiger partial charge < -0.3 is 15.5 Å². The maximum Gasteiger partial charge on any atom is 0.307 e. The molecule has 2 N–H and O–H groups in total. The van der Waals surface area contributed by atoms with Crippen molar-refractivity contribution in [3.05, 3.63) is 77.0 Å². The molecular formula is C23H25N2O4-. The van der Waals surface area contributed by atoms with Crippen molar-refractivity contribution in [2.45, 2.75) is 31.2 Å². The van der Waals surface area contributed by atoms with E-state index < -0.39 is 17.4 Å². The van der Waals surface area contributed by atoms with Gasteiger partial charge >= 0.3 is 5.97 Å². The van der Waals surface area contributed by atoms with Crippen LogP contribution in [0.5, 0.6) is 0 Å². The van der Waals surface area contributed by atoms with Crippen LogP contribution < -0.4 is 5.43 Å². The number of carbonyl (C=O) groups is 2. The first-order chi connectivity index (χ1) is 14.0. The van der Waals surface area contributed by atoms with Gasteiger partial charge in [0, 0.05) is 5.92 Å². The van der Waals surface area contributed by atoms with Crippen LogP contribution >= 0.6 is 0 Å². The molecule has 29 heavy (non-hydrogen) atoms. The number of carboxylic acids is 1. The number of Topliss-reactive ketones (excluding diaryl/α,β-unsaturated/α-hetero) is 1. The molecule has 0 aromatic heterocycles. The van der Waals surface area contributed by atoms with Gasteiger partial charge in [-0.05, 0) is 42.7 Å². The van der Waals surface area contributed by atoms with Crippen LogP contribution in [0.1, 0.15) is 24.0 Å². The topological polar surface area (TPSA) is 92.7 Å². The Balaban J connectivity index is 1.54. The van der Waals surface area contributed by atoms with E-state index in [0.717, 1.165) is 17.5 Å². The molecule has 0 bridgehead atoms. The number of aryl methyl sites for hydroxylation is 2. The molecule has 2 aromatic carbocycles. The van der Waals surface area contributed by atoms with Crippen molar-refractivity contribution in [1.82, 2.24) is 10.6 Å². The third kappa shape index (κ3) is 3.96. The zero-order valence-corrected chi connectivity index (χ0v) is 16.2. The quantitative estimate of drug-likeness (QED) is 0.716. The van der Waals surface area contributed by atoms with Gasteiger partial charge in [-0.3, -0.25) is 15.0 Å². The molecule has 0 spiro atoms. The Hall–Kier alpha value is -2.54. The van der Waals surface area contributed by atoms with E-state index in [2.05, 4.69) is 5.43 Å². The summed E-state index contributed by atoms with van der Waals surface area (Å²) in [6, 6.07) is 19.7. The molecule has 1 saturated carbocycles. The van der Waals surface area contributed by atoms with E-state index >= 15 is 0 Å². The van der Waals surface area contributed by atoms with Gasteiger partial charge in [-0.25, -0.2) is 0 Å². The highest BCUT2D eigenvalue weighted by atomic mass is 16.5. The number of ketones is 1. The number of hydroxylamine groups is 1. The van der Waals surface area contributed by atoms with Crippen molar-refractivity contribution in [1.29, 1.82) is 0 Å². The van der Waals surface area contributed by atoms with Crippen LogP contribution in [0.25, 0.3) is 0 Å².